The first-order chi connectivity index (χ1) is 6.85. The average molecular weight is 186 g/mol. The summed E-state index contributed by atoms with van der Waals surface area (Å²) in [5.41, 5.74) is 2.32. The van der Waals surface area contributed by atoms with Crippen LogP contribution in [0.4, 0.5) is 5.69 Å². The molecule has 0 aliphatic carbocycles. The number of nitrogens with zero attached hydrogens (tertiary/aromatic N) is 2. The lowest BCUT2D eigenvalue weighted by Gasteiger charge is -2.01. The first-order valence-electron chi connectivity index (χ1n) is 4.57. The molecule has 1 heterocycles. The second kappa shape index (κ2) is 3.54. The highest BCUT2D eigenvalue weighted by Gasteiger charge is 2.01. The molecule has 0 spiro atoms. The van der Waals surface area contributed by atoms with Gasteiger partial charge in [-0.2, -0.15) is 0 Å². The highest BCUT2D eigenvalue weighted by molar-refractivity contribution is 5.89. The van der Waals surface area contributed by atoms with Gasteiger partial charge in [0.2, 0.25) is 0 Å². The van der Waals surface area contributed by atoms with E-state index < -0.39 is 0 Å². The number of hydrogen-bond acceptors (Lipinski definition) is 3. The fraction of sp³-hybridized carbons (Fsp3) is 0.182. The van der Waals surface area contributed by atoms with E-state index >= 15 is 0 Å². The Bertz CT molecular complexity index is 480. The van der Waals surface area contributed by atoms with Crippen LogP contribution in [0.25, 0.3) is 10.9 Å². The van der Waals surface area contributed by atoms with Crippen molar-refractivity contribution in [2.24, 2.45) is 5.18 Å². The van der Waals surface area contributed by atoms with E-state index in [-0.39, 0.29) is 0 Å². The minimum Gasteiger partial charge on any atom is -0.253 e. The van der Waals surface area contributed by atoms with Gasteiger partial charge in [-0.05, 0) is 35.9 Å². The molecule has 2 aromatic rings. The van der Waals surface area contributed by atoms with E-state index in [1.807, 2.05) is 18.2 Å². The van der Waals surface area contributed by atoms with Gasteiger partial charge in [-0.1, -0.05) is 13.0 Å². The molecule has 0 fully saturated rings. The molecule has 0 radical (unpaired) electrons. The number of aromatic nitrogens is 1. The monoisotopic (exact) mass is 186 g/mol. The molecule has 0 unspecified atom stereocenters. The van der Waals surface area contributed by atoms with Gasteiger partial charge < -0.3 is 0 Å². The summed E-state index contributed by atoms with van der Waals surface area (Å²) in [6.45, 7) is 2.05. The first-order valence-corrected chi connectivity index (χ1v) is 4.57. The number of fused-ring (bicyclic) bond motifs is 1. The van der Waals surface area contributed by atoms with Gasteiger partial charge in [0.25, 0.3) is 0 Å². The molecule has 0 atom stereocenters. The predicted octanol–water partition coefficient (Wildman–Crippen LogP) is 3.20. The van der Waals surface area contributed by atoms with Crippen molar-refractivity contribution in [1.29, 1.82) is 0 Å². The Balaban J connectivity index is 2.73. The van der Waals surface area contributed by atoms with E-state index in [1.165, 1.54) is 0 Å². The fourth-order valence-electron chi connectivity index (χ4n) is 1.46. The number of rotatable bonds is 2. The Morgan fingerprint density at radius 2 is 2.14 bits per heavy atom. The van der Waals surface area contributed by atoms with E-state index in [4.69, 9.17) is 0 Å². The van der Waals surface area contributed by atoms with Gasteiger partial charge in [-0.25, -0.2) is 0 Å². The summed E-state index contributed by atoms with van der Waals surface area (Å²) in [5, 5.41) is 3.78. The molecule has 0 saturated carbocycles. The minimum atomic E-state index is 0.456. The quantitative estimate of drug-likeness (QED) is 0.676. The van der Waals surface area contributed by atoms with Crippen molar-refractivity contribution in [2.45, 2.75) is 13.3 Å². The zero-order valence-corrected chi connectivity index (χ0v) is 7.90. The van der Waals surface area contributed by atoms with Crippen molar-refractivity contribution < 1.29 is 0 Å². The van der Waals surface area contributed by atoms with Gasteiger partial charge in [0.15, 0.2) is 0 Å². The highest BCUT2D eigenvalue weighted by Crippen LogP contribution is 2.24. The summed E-state index contributed by atoms with van der Waals surface area (Å²) in [6.07, 6.45) is 0.898. The molecule has 1 aromatic carbocycles. The Morgan fingerprint density at radius 1 is 1.29 bits per heavy atom. The van der Waals surface area contributed by atoms with Gasteiger partial charge >= 0.3 is 0 Å². The van der Waals surface area contributed by atoms with Crippen LogP contribution in [0.2, 0.25) is 0 Å². The average Bonchev–Trinajstić information content (AvgIpc) is 2.27. The van der Waals surface area contributed by atoms with Crippen molar-refractivity contribution in [3.63, 3.8) is 0 Å². The van der Waals surface area contributed by atoms with Crippen LogP contribution in [-0.2, 0) is 6.42 Å². The van der Waals surface area contributed by atoms with Crippen molar-refractivity contribution in [3.8, 4) is 0 Å². The largest absolute Gasteiger partial charge is 0.253 e. The zero-order chi connectivity index (χ0) is 9.97. The number of benzene rings is 1. The lowest BCUT2D eigenvalue weighted by molar-refractivity contribution is 1.06. The van der Waals surface area contributed by atoms with Crippen molar-refractivity contribution in [2.75, 3.05) is 0 Å². The van der Waals surface area contributed by atoms with E-state index in [1.54, 1.807) is 12.1 Å². The molecule has 2 rings (SSSR count). The van der Waals surface area contributed by atoms with Crippen LogP contribution >= 0.6 is 0 Å². The van der Waals surface area contributed by atoms with Crippen LogP contribution < -0.4 is 0 Å². The Labute approximate surface area is 81.8 Å². The molecular weight excluding hydrogens is 176 g/mol. The summed E-state index contributed by atoms with van der Waals surface area (Å²) < 4.78 is 0. The van der Waals surface area contributed by atoms with E-state index in [9.17, 15) is 4.91 Å². The Morgan fingerprint density at radius 3 is 2.86 bits per heavy atom. The van der Waals surface area contributed by atoms with Crippen LogP contribution in [0.1, 0.15) is 12.6 Å². The van der Waals surface area contributed by atoms with Crippen LogP contribution in [0, 0.1) is 4.91 Å². The van der Waals surface area contributed by atoms with E-state index in [0.717, 1.165) is 23.0 Å². The number of nitroso groups, excluding NO2 is 1. The van der Waals surface area contributed by atoms with Crippen LogP contribution in [0.15, 0.2) is 35.5 Å². The second-order valence-electron chi connectivity index (χ2n) is 3.09. The molecule has 0 N–H and O–H groups in total. The Hall–Kier alpha value is -1.77. The van der Waals surface area contributed by atoms with Gasteiger partial charge in [0.1, 0.15) is 5.69 Å². The molecule has 70 valence electrons. The van der Waals surface area contributed by atoms with Gasteiger partial charge in [0.05, 0.1) is 5.52 Å². The summed E-state index contributed by atoms with van der Waals surface area (Å²) in [7, 11) is 0. The maximum Gasteiger partial charge on any atom is 0.117 e. The standard InChI is InChI=1S/C11H10N2O/c1-2-8-6-7-9-10(12-8)4-3-5-11(9)13-14/h3-7H,2H2,1H3. The van der Waals surface area contributed by atoms with E-state index in [0.29, 0.717) is 5.69 Å². The summed E-state index contributed by atoms with van der Waals surface area (Å²) in [5.74, 6) is 0. The number of pyridine rings is 1. The number of hydrogen-bond donors (Lipinski definition) is 0. The summed E-state index contributed by atoms with van der Waals surface area (Å²) in [4.78, 5) is 14.9. The molecule has 0 aliphatic rings. The summed E-state index contributed by atoms with van der Waals surface area (Å²) in [6, 6.07) is 9.21. The first kappa shape index (κ1) is 8.81. The third kappa shape index (κ3) is 1.37. The summed E-state index contributed by atoms with van der Waals surface area (Å²) >= 11 is 0. The molecule has 0 bridgehead atoms. The number of aryl methyl sites for hydroxylation is 1. The van der Waals surface area contributed by atoms with Crippen LogP contribution in [0.5, 0.6) is 0 Å². The van der Waals surface area contributed by atoms with Crippen molar-refractivity contribution in [1.82, 2.24) is 4.98 Å². The normalized spacial score (nSPS) is 10.4. The Kier molecular flexibility index (Phi) is 2.23. The molecular formula is C11H10N2O. The van der Waals surface area contributed by atoms with Crippen molar-refractivity contribution >= 4 is 16.6 Å². The molecule has 14 heavy (non-hydrogen) atoms. The fourth-order valence-corrected chi connectivity index (χ4v) is 1.46. The topological polar surface area (TPSA) is 42.3 Å². The molecule has 3 heteroatoms. The highest BCUT2D eigenvalue weighted by atomic mass is 16.3. The molecule has 1 aromatic heterocycles. The maximum atomic E-state index is 10.5. The van der Waals surface area contributed by atoms with Gasteiger partial charge in [-0.3, -0.25) is 4.98 Å². The van der Waals surface area contributed by atoms with Gasteiger partial charge in [0, 0.05) is 11.1 Å². The molecule has 3 nitrogen and oxygen atoms in total. The smallest absolute Gasteiger partial charge is 0.117 e. The second-order valence-corrected chi connectivity index (χ2v) is 3.09. The van der Waals surface area contributed by atoms with Gasteiger partial charge in [-0.15, -0.1) is 4.91 Å². The van der Waals surface area contributed by atoms with Crippen LogP contribution in [0.3, 0.4) is 0 Å². The predicted molar refractivity (Wildman–Crippen MR) is 56.6 cm³/mol. The lowest BCUT2D eigenvalue weighted by Crippen LogP contribution is -1.86. The lowest BCUT2D eigenvalue weighted by atomic mass is 10.1. The van der Waals surface area contributed by atoms with Crippen molar-refractivity contribution in [3.05, 3.63) is 40.9 Å². The molecule has 0 saturated heterocycles. The minimum absolute atomic E-state index is 0.456. The zero-order valence-electron chi connectivity index (χ0n) is 7.90. The maximum absolute atomic E-state index is 10.5. The third-order valence-corrected chi connectivity index (χ3v) is 2.23. The molecule has 0 aliphatic heterocycles. The van der Waals surface area contributed by atoms with Crippen LogP contribution in [-0.4, -0.2) is 4.98 Å². The third-order valence-electron chi connectivity index (χ3n) is 2.23. The van der Waals surface area contributed by atoms with E-state index in [2.05, 4.69) is 17.1 Å². The SMILES string of the molecule is CCc1ccc2c(N=O)cccc2n1. The molecule has 0 amide bonds.